The normalized spacial score (nSPS) is 10.5. The highest BCUT2D eigenvalue weighted by Crippen LogP contribution is 2.29. The molecule has 0 aliphatic rings. The van der Waals surface area contributed by atoms with E-state index in [1.54, 1.807) is 43.3 Å². The van der Waals surface area contributed by atoms with Gasteiger partial charge in [-0.2, -0.15) is 5.26 Å². The Kier molecular flexibility index (Phi) is 6.88. The van der Waals surface area contributed by atoms with E-state index in [-0.39, 0.29) is 12.2 Å². The second kappa shape index (κ2) is 9.33. The molecule has 136 valence electrons. The fourth-order valence-corrected chi connectivity index (χ4v) is 2.43. The van der Waals surface area contributed by atoms with Crippen LogP contribution in [-0.2, 0) is 4.79 Å². The standard InChI is InChI=1S/C21H17ClN2O3/c1-4-10-27-19-9-8-15(12-20(19)26-3)11-16(13-23)21(25)24-18-7-5-6-17(22)14(18)2/h1,5-9,11-12H,10H2,2-3H3,(H,24,25)/b16-11+. The maximum atomic E-state index is 12.5. The molecule has 0 radical (unpaired) electrons. The van der Waals surface area contributed by atoms with Gasteiger partial charge in [-0.3, -0.25) is 4.79 Å². The molecule has 0 unspecified atom stereocenters. The molecule has 5 nitrogen and oxygen atoms in total. The van der Waals surface area contributed by atoms with E-state index in [2.05, 4.69) is 11.2 Å². The van der Waals surface area contributed by atoms with E-state index in [1.165, 1.54) is 13.2 Å². The van der Waals surface area contributed by atoms with Crippen molar-refractivity contribution in [2.45, 2.75) is 6.92 Å². The van der Waals surface area contributed by atoms with Crippen LogP contribution >= 0.6 is 11.6 Å². The number of methoxy groups -OCH3 is 1. The topological polar surface area (TPSA) is 71.3 Å². The summed E-state index contributed by atoms with van der Waals surface area (Å²) in [7, 11) is 1.49. The Morgan fingerprint density at radius 3 is 2.78 bits per heavy atom. The van der Waals surface area contributed by atoms with Crippen molar-refractivity contribution in [2.75, 3.05) is 19.0 Å². The minimum atomic E-state index is -0.533. The van der Waals surface area contributed by atoms with Gasteiger partial charge in [0.15, 0.2) is 11.5 Å². The highest BCUT2D eigenvalue weighted by molar-refractivity contribution is 6.31. The minimum Gasteiger partial charge on any atom is -0.493 e. The summed E-state index contributed by atoms with van der Waals surface area (Å²) in [5.74, 6) is 2.77. The summed E-state index contributed by atoms with van der Waals surface area (Å²) in [4.78, 5) is 12.5. The molecule has 0 spiro atoms. The van der Waals surface area contributed by atoms with Gasteiger partial charge >= 0.3 is 0 Å². The highest BCUT2D eigenvalue weighted by atomic mass is 35.5. The molecule has 6 heteroatoms. The maximum Gasteiger partial charge on any atom is 0.266 e. The number of hydrogen-bond donors (Lipinski definition) is 1. The minimum absolute atomic E-state index is 0.0614. The largest absolute Gasteiger partial charge is 0.493 e. The molecular weight excluding hydrogens is 364 g/mol. The monoisotopic (exact) mass is 380 g/mol. The molecule has 1 amide bonds. The fourth-order valence-electron chi connectivity index (χ4n) is 2.26. The molecule has 0 saturated heterocycles. The number of hydrogen-bond acceptors (Lipinski definition) is 4. The van der Waals surface area contributed by atoms with E-state index in [0.717, 1.165) is 5.56 Å². The average molecular weight is 381 g/mol. The van der Waals surface area contributed by atoms with E-state index in [4.69, 9.17) is 27.5 Å². The number of benzene rings is 2. The van der Waals surface area contributed by atoms with Crippen LogP contribution < -0.4 is 14.8 Å². The van der Waals surface area contributed by atoms with Gasteiger partial charge in [-0.25, -0.2) is 0 Å². The van der Waals surface area contributed by atoms with Crippen molar-refractivity contribution in [3.63, 3.8) is 0 Å². The van der Waals surface area contributed by atoms with E-state index >= 15 is 0 Å². The molecule has 0 heterocycles. The van der Waals surface area contributed by atoms with Crippen LogP contribution in [0.25, 0.3) is 6.08 Å². The summed E-state index contributed by atoms with van der Waals surface area (Å²) in [5.41, 5.74) is 1.81. The summed E-state index contributed by atoms with van der Waals surface area (Å²) in [6.45, 7) is 1.89. The van der Waals surface area contributed by atoms with E-state index in [9.17, 15) is 10.1 Å². The van der Waals surface area contributed by atoms with Crippen molar-refractivity contribution >= 4 is 29.3 Å². The molecule has 2 rings (SSSR count). The van der Waals surface area contributed by atoms with Crippen molar-refractivity contribution in [3.8, 4) is 29.9 Å². The van der Waals surface area contributed by atoms with Gasteiger partial charge in [0, 0.05) is 10.7 Å². The number of nitriles is 1. The van der Waals surface area contributed by atoms with Gasteiger partial charge in [0.1, 0.15) is 18.2 Å². The molecule has 0 aliphatic heterocycles. The fraction of sp³-hybridized carbons (Fsp3) is 0.143. The van der Waals surface area contributed by atoms with Gasteiger partial charge in [0.05, 0.1) is 7.11 Å². The lowest BCUT2D eigenvalue weighted by Crippen LogP contribution is -2.14. The van der Waals surface area contributed by atoms with Crippen molar-refractivity contribution in [2.24, 2.45) is 0 Å². The molecule has 0 atom stereocenters. The van der Waals surface area contributed by atoms with Gasteiger partial charge in [0.2, 0.25) is 0 Å². The number of nitrogens with one attached hydrogen (secondary N) is 1. The van der Waals surface area contributed by atoms with E-state index in [1.807, 2.05) is 6.07 Å². The van der Waals surface area contributed by atoms with Gasteiger partial charge < -0.3 is 14.8 Å². The molecule has 0 aliphatic carbocycles. The highest BCUT2D eigenvalue weighted by Gasteiger charge is 2.13. The Bertz CT molecular complexity index is 968. The second-order valence-electron chi connectivity index (χ2n) is 5.44. The van der Waals surface area contributed by atoms with Gasteiger partial charge in [-0.15, -0.1) is 6.42 Å². The molecule has 0 aromatic heterocycles. The number of carbonyl (C=O) groups is 1. The van der Waals surface area contributed by atoms with Gasteiger partial charge in [0.25, 0.3) is 5.91 Å². The number of carbonyl (C=O) groups excluding carboxylic acids is 1. The number of anilines is 1. The number of amides is 1. The SMILES string of the molecule is C#CCOc1ccc(/C=C(\C#N)C(=O)Nc2cccc(Cl)c2C)cc1OC. The Hall–Kier alpha value is -3.41. The van der Waals surface area contributed by atoms with Crippen LogP contribution in [0.1, 0.15) is 11.1 Å². The third-order valence-electron chi connectivity index (χ3n) is 3.69. The first-order valence-corrected chi connectivity index (χ1v) is 8.30. The van der Waals surface area contributed by atoms with Crippen LogP contribution in [0.3, 0.4) is 0 Å². The van der Waals surface area contributed by atoms with Crippen LogP contribution in [0.2, 0.25) is 5.02 Å². The first-order chi connectivity index (χ1) is 13.0. The summed E-state index contributed by atoms with van der Waals surface area (Å²) in [6.07, 6.45) is 6.65. The van der Waals surface area contributed by atoms with Gasteiger partial charge in [-0.1, -0.05) is 29.7 Å². The number of nitrogens with zero attached hydrogens (tertiary/aromatic N) is 1. The Balaban J connectivity index is 2.27. The quantitative estimate of drug-likeness (QED) is 0.463. The lowest BCUT2D eigenvalue weighted by atomic mass is 10.1. The molecule has 1 N–H and O–H groups in total. The molecule has 0 saturated carbocycles. The third-order valence-corrected chi connectivity index (χ3v) is 4.10. The van der Waals surface area contributed by atoms with Crippen LogP contribution in [0.5, 0.6) is 11.5 Å². The predicted molar refractivity (Wildman–Crippen MR) is 106 cm³/mol. The van der Waals surface area contributed by atoms with E-state index < -0.39 is 5.91 Å². The molecule has 27 heavy (non-hydrogen) atoms. The van der Waals surface area contributed by atoms with Crippen molar-refractivity contribution < 1.29 is 14.3 Å². The zero-order valence-electron chi connectivity index (χ0n) is 14.9. The Morgan fingerprint density at radius 2 is 2.11 bits per heavy atom. The second-order valence-corrected chi connectivity index (χ2v) is 5.85. The predicted octanol–water partition coefficient (Wildman–Crippen LogP) is 4.21. The first-order valence-electron chi connectivity index (χ1n) is 7.92. The van der Waals surface area contributed by atoms with Crippen molar-refractivity contribution in [1.29, 1.82) is 5.26 Å². The smallest absolute Gasteiger partial charge is 0.266 e. The summed E-state index contributed by atoms with van der Waals surface area (Å²) in [5, 5.41) is 12.6. The molecular formula is C21H17ClN2O3. The lowest BCUT2D eigenvalue weighted by Gasteiger charge is -2.10. The van der Waals surface area contributed by atoms with Gasteiger partial charge in [-0.05, 0) is 48.4 Å². The lowest BCUT2D eigenvalue weighted by molar-refractivity contribution is -0.112. The van der Waals surface area contributed by atoms with Crippen LogP contribution in [0.4, 0.5) is 5.69 Å². The van der Waals surface area contributed by atoms with Crippen LogP contribution in [0, 0.1) is 30.6 Å². The first kappa shape index (κ1) is 19.9. The zero-order chi connectivity index (χ0) is 19.8. The summed E-state index contributed by atoms with van der Waals surface area (Å²) < 4.78 is 10.6. The van der Waals surface area contributed by atoms with Crippen molar-refractivity contribution in [3.05, 3.63) is 58.1 Å². The number of rotatable bonds is 6. The molecule has 2 aromatic carbocycles. The Labute approximate surface area is 163 Å². The molecule has 0 bridgehead atoms. The number of halogens is 1. The number of ether oxygens (including phenoxy) is 2. The Morgan fingerprint density at radius 1 is 1.33 bits per heavy atom. The van der Waals surface area contributed by atoms with Crippen molar-refractivity contribution in [1.82, 2.24) is 0 Å². The molecule has 0 fully saturated rings. The van der Waals surface area contributed by atoms with E-state index in [0.29, 0.717) is 27.8 Å². The average Bonchev–Trinajstić information content (AvgIpc) is 2.68. The summed E-state index contributed by atoms with van der Waals surface area (Å²) in [6, 6.07) is 12.1. The summed E-state index contributed by atoms with van der Waals surface area (Å²) >= 11 is 6.06. The van der Waals surface area contributed by atoms with Crippen LogP contribution in [-0.4, -0.2) is 19.6 Å². The maximum absolute atomic E-state index is 12.5. The molecule has 2 aromatic rings. The van der Waals surface area contributed by atoms with Crippen LogP contribution in [0.15, 0.2) is 42.0 Å². The zero-order valence-corrected chi connectivity index (χ0v) is 15.6. The third kappa shape index (κ3) is 5.04. The number of terminal acetylenes is 1.